The molecule has 0 aliphatic heterocycles. The summed E-state index contributed by atoms with van der Waals surface area (Å²) in [7, 11) is -2.50. The van der Waals surface area contributed by atoms with Crippen LogP contribution in [0.5, 0.6) is 11.5 Å². The fourth-order valence-corrected chi connectivity index (χ4v) is 2.18. The van der Waals surface area contributed by atoms with Gasteiger partial charge in [-0.3, -0.25) is 0 Å². The zero-order chi connectivity index (χ0) is 16.2. The summed E-state index contributed by atoms with van der Waals surface area (Å²) in [4.78, 5) is -0.497. The maximum Gasteiger partial charge on any atom is 0.387 e. The molecule has 9 heteroatoms. The predicted octanol–water partition coefficient (Wildman–Crippen LogP) is 2.86. The predicted molar refractivity (Wildman–Crippen MR) is 73.1 cm³/mol. The van der Waals surface area contributed by atoms with E-state index in [1.807, 2.05) is 0 Å². The summed E-state index contributed by atoms with van der Waals surface area (Å²) in [6, 6.07) is 3.95. The molecule has 1 aromatic rings. The highest BCUT2D eigenvalue weighted by atomic mass is 35.5. The number of hydrogen-bond acceptors (Lipinski definition) is 5. The molecule has 0 aliphatic rings. The number of nitriles is 1. The third-order valence-corrected chi connectivity index (χ3v) is 3.55. The Morgan fingerprint density at radius 1 is 1.48 bits per heavy atom. The summed E-state index contributed by atoms with van der Waals surface area (Å²) in [5.41, 5.74) is 0.195. The maximum absolute atomic E-state index is 12.3. The van der Waals surface area contributed by atoms with E-state index >= 15 is 0 Å². The van der Waals surface area contributed by atoms with Gasteiger partial charge in [0.1, 0.15) is 11.0 Å². The van der Waals surface area contributed by atoms with Crippen LogP contribution in [-0.4, -0.2) is 28.4 Å². The van der Waals surface area contributed by atoms with Crippen LogP contribution in [0.1, 0.15) is 5.56 Å². The molecule has 114 valence electrons. The molecule has 1 aromatic carbocycles. The van der Waals surface area contributed by atoms with Gasteiger partial charge in [0.25, 0.3) is 0 Å². The molecular formula is C12H10ClF2NO4S. The molecule has 1 rings (SSSR count). The average molecular weight is 338 g/mol. The third-order valence-electron chi connectivity index (χ3n) is 2.27. The van der Waals surface area contributed by atoms with Crippen molar-refractivity contribution < 1.29 is 26.7 Å². The summed E-state index contributed by atoms with van der Waals surface area (Å²) in [6.07, 6.45) is 1.92. The second-order valence-corrected chi connectivity index (χ2v) is 6.20. The molecule has 0 unspecified atom stereocenters. The highest BCUT2D eigenvalue weighted by molar-refractivity contribution is 7.95. The van der Waals surface area contributed by atoms with E-state index in [-0.39, 0.29) is 22.1 Å². The maximum atomic E-state index is 12.3. The van der Waals surface area contributed by atoms with Crippen molar-refractivity contribution in [1.29, 1.82) is 5.26 Å². The van der Waals surface area contributed by atoms with Crippen LogP contribution in [0.25, 0.3) is 6.08 Å². The summed E-state index contributed by atoms with van der Waals surface area (Å²) < 4.78 is 56.3. The number of alkyl halides is 2. The lowest BCUT2D eigenvalue weighted by molar-refractivity contribution is -0.0511. The molecule has 0 spiro atoms. The number of allylic oxidation sites excluding steroid dienone is 1. The topological polar surface area (TPSA) is 76.4 Å². The van der Waals surface area contributed by atoms with Gasteiger partial charge >= 0.3 is 6.61 Å². The molecule has 0 saturated heterocycles. The Hall–Kier alpha value is -1.85. The summed E-state index contributed by atoms with van der Waals surface area (Å²) >= 11 is 5.80. The Labute approximate surface area is 125 Å². The Kier molecular flexibility index (Phi) is 5.52. The van der Waals surface area contributed by atoms with Gasteiger partial charge in [-0.15, -0.1) is 0 Å². The lowest BCUT2D eigenvalue weighted by atomic mass is 10.2. The van der Waals surface area contributed by atoms with E-state index in [9.17, 15) is 17.2 Å². The van der Waals surface area contributed by atoms with Crippen LogP contribution >= 0.6 is 11.6 Å². The molecule has 0 aliphatic carbocycles. The number of halogens is 3. The van der Waals surface area contributed by atoms with E-state index in [4.69, 9.17) is 21.6 Å². The van der Waals surface area contributed by atoms with Crippen LogP contribution < -0.4 is 9.47 Å². The second-order valence-electron chi connectivity index (χ2n) is 3.81. The summed E-state index contributed by atoms with van der Waals surface area (Å²) in [6.45, 7) is -3.09. The van der Waals surface area contributed by atoms with Gasteiger partial charge in [-0.2, -0.15) is 14.0 Å². The minimum atomic E-state index is -3.71. The molecular weight excluding hydrogens is 328 g/mol. The van der Waals surface area contributed by atoms with Crippen molar-refractivity contribution in [1.82, 2.24) is 0 Å². The van der Waals surface area contributed by atoms with Crippen molar-refractivity contribution in [3.63, 3.8) is 0 Å². The molecule has 0 bridgehead atoms. The third kappa shape index (κ3) is 4.58. The van der Waals surface area contributed by atoms with Crippen molar-refractivity contribution >= 4 is 27.5 Å². The van der Waals surface area contributed by atoms with Crippen molar-refractivity contribution in [2.24, 2.45) is 0 Å². The van der Waals surface area contributed by atoms with E-state index in [0.29, 0.717) is 0 Å². The first-order valence-electron chi connectivity index (χ1n) is 5.33. The fraction of sp³-hybridized carbons (Fsp3) is 0.250. The number of ether oxygens (including phenoxy) is 2. The lowest BCUT2D eigenvalue weighted by Gasteiger charge is -2.12. The van der Waals surface area contributed by atoms with E-state index in [1.54, 1.807) is 0 Å². The van der Waals surface area contributed by atoms with Gasteiger partial charge in [0.2, 0.25) is 0 Å². The van der Waals surface area contributed by atoms with Gasteiger partial charge in [0, 0.05) is 6.26 Å². The monoisotopic (exact) mass is 337 g/mol. The van der Waals surface area contributed by atoms with Gasteiger partial charge in [-0.25, -0.2) is 8.42 Å². The number of rotatable bonds is 5. The van der Waals surface area contributed by atoms with Crippen molar-refractivity contribution in [2.45, 2.75) is 6.61 Å². The molecule has 0 fully saturated rings. The molecule has 0 aromatic heterocycles. The lowest BCUT2D eigenvalue weighted by Crippen LogP contribution is -2.04. The SMILES string of the molecule is COc1cc(/C=C(\C#N)S(C)(=O)=O)cc(Cl)c1OC(F)F. The zero-order valence-corrected chi connectivity index (χ0v) is 12.5. The average Bonchev–Trinajstić information content (AvgIpc) is 2.36. The van der Waals surface area contributed by atoms with Crippen LogP contribution in [0.2, 0.25) is 5.02 Å². The minimum absolute atomic E-state index is 0.111. The van der Waals surface area contributed by atoms with Gasteiger partial charge in [-0.1, -0.05) is 11.6 Å². The van der Waals surface area contributed by atoms with Gasteiger partial charge in [-0.05, 0) is 23.8 Å². The molecule has 5 nitrogen and oxygen atoms in total. The van der Waals surface area contributed by atoms with Crippen LogP contribution in [0, 0.1) is 11.3 Å². The van der Waals surface area contributed by atoms with Crippen LogP contribution in [-0.2, 0) is 9.84 Å². The van der Waals surface area contributed by atoms with Gasteiger partial charge < -0.3 is 9.47 Å². The Morgan fingerprint density at radius 2 is 2.10 bits per heavy atom. The van der Waals surface area contributed by atoms with Gasteiger partial charge in [0.05, 0.1) is 12.1 Å². The molecule has 0 N–H and O–H groups in total. The Balaban J connectivity index is 3.40. The first-order chi connectivity index (χ1) is 9.68. The Morgan fingerprint density at radius 3 is 2.52 bits per heavy atom. The highest BCUT2D eigenvalue weighted by Crippen LogP contribution is 2.38. The zero-order valence-electron chi connectivity index (χ0n) is 10.9. The van der Waals surface area contributed by atoms with Crippen molar-refractivity contribution in [3.8, 4) is 17.6 Å². The number of hydrogen-bond donors (Lipinski definition) is 0. The minimum Gasteiger partial charge on any atom is -0.493 e. The summed E-state index contributed by atoms with van der Waals surface area (Å²) in [5, 5.41) is 8.60. The number of methoxy groups -OCH3 is 1. The van der Waals surface area contributed by atoms with E-state index in [0.717, 1.165) is 12.3 Å². The van der Waals surface area contributed by atoms with Gasteiger partial charge in [0.15, 0.2) is 21.3 Å². The van der Waals surface area contributed by atoms with E-state index in [2.05, 4.69) is 4.74 Å². The second kappa shape index (κ2) is 6.74. The molecule has 0 radical (unpaired) electrons. The number of nitrogens with zero attached hydrogens (tertiary/aromatic N) is 1. The highest BCUT2D eigenvalue weighted by Gasteiger charge is 2.17. The molecule has 0 heterocycles. The van der Waals surface area contributed by atoms with Crippen LogP contribution in [0.3, 0.4) is 0 Å². The molecule has 0 atom stereocenters. The molecule has 0 saturated carbocycles. The van der Waals surface area contributed by atoms with Crippen LogP contribution in [0.4, 0.5) is 8.78 Å². The number of benzene rings is 1. The number of sulfone groups is 1. The standard InChI is InChI=1S/C12H10ClF2NO4S/c1-19-10-5-7(3-8(6-16)21(2,17)18)4-9(13)11(10)20-12(14)15/h3-5,12H,1-2H3/b8-3+. The Bertz CT molecular complexity index is 711. The molecule has 21 heavy (non-hydrogen) atoms. The van der Waals surface area contributed by atoms with E-state index < -0.39 is 21.4 Å². The first-order valence-corrected chi connectivity index (χ1v) is 7.60. The fourth-order valence-electron chi connectivity index (χ4n) is 1.40. The largest absolute Gasteiger partial charge is 0.493 e. The van der Waals surface area contributed by atoms with Crippen molar-refractivity contribution in [3.05, 3.63) is 27.6 Å². The quantitative estimate of drug-likeness (QED) is 0.772. The van der Waals surface area contributed by atoms with Crippen molar-refractivity contribution in [2.75, 3.05) is 13.4 Å². The smallest absolute Gasteiger partial charge is 0.387 e. The summed E-state index contributed by atoms with van der Waals surface area (Å²) in [5.74, 6) is -0.482. The molecule has 0 amide bonds. The first kappa shape index (κ1) is 17.2. The normalized spacial score (nSPS) is 12.1. The van der Waals surface area contributed by atoms with Crippen LogP contribution in [0.15, 0.2) is 17.0 Å². The van der Waals surface area contributed by atoms with E-state index in [1.165, 1.54) is 25.3 Å².